The van der Waals surface area contributed by atoms with Crippen molar-refractivity contribution in [2.75, 3.05) is 172 Å². The minimum Gasteiger partial charge on any atom is -0.465 e. The number of nitrogens with one attached hydrogen (secondary N) is 4. The van der Waals surface area contributed by atoms with Gasteiger partial charge < -0.3 is 88.9 Å². The standard InChI is InChI=1S/C40H76N8O18/c41-47-45-11-17-60-23-29-66-33-32-65-28-22-59-16-8-38(52)48(12-18-61-24-30-63-26-20-57-14-3-1-2-4-36(50)42-9-10-43-39(53)54)13-19-62-25-31-64-27-21-58-15-7-35(46-40(55)56)5-6-37(51)44-34-49/h35,43,46,49H,1-34H2,(H,42,50)(H,44,51)(H,53,54)(H,55,56). The molecule has 0 aromatic rings. The zero-order valence-electron chi connectivity index (χ0n) is 38.4. The molecule has 26 heteroatoms. The summed E-state index contributed by atoms with van der Waals surface area (Å²) in [6.45, 7) is 7.63. The van der Waals surface area contributed by atoms with Crippen molar-refractivity contribution in [3.8, 4) is 0 Å². The molecule has 0 fully saturated rings. The van der Waals surface area contributed by atoms with E-state index in [0.717, 1.165) is 12.8 Å². The summed E-state index contributed by atoms with van der Waals surface area (Å²) in [7, 11) is 0. The Balaban J connectivity index is 4.31. The molecule has 0 aromatic carbocycles. The van der Waals surface area contributed by atoms with E-state index < -0.39 is 25.0 Å². The van der Waals surface area contributed by atoms with Crippen LogP contribution in [0.4, 0.5) is 9.59 Å². The van der Waals surface area contributed by atoms with Gasteiger partial charge in [-0.3, -0.25) is 14.4 Å². The van der Waals surface area contributed by atoms with Crippen molar-refractivity contribution < 1.29 is 86.7 Å². The molecule has 0 saturated carbocycles. The van der Waals surface area contributed by atoms with Crippen molar-refractivity contribution in [2.24, 2.45) is 5.11 Å². The van der Waals surface area contributed by atoms with E-state index in [2.05, 4.69) is 31.3 Å². The number of nitrogens with zero attached hydrogens (tertiary/aromatic N) is 4. The average Bonchev–Trinajstić information content (AvgIpc) is 3.29. The summed E-state index contributed by atoms with van der Waals surface area (Å²) in [5.41, 5.74) is 8.23. The number of carboxylic acid groups (broad SMARTS) is 2. The van der Waals surface area contributed by atoms with E-state index in [1.54, 1.807) is 4.90 Å². The number of aliphatic hydroxyl groups is 1. The van der Waals surface area contributed by atoms with Gasteiger partial charge in [-0.15, -0.1) is 0 Å². The molecule has 0 saturated heterocycles. The Morgan fingerprint density at radius 1 is 0.500 bits per heavy atom. The molecule has 5 amide bonds. The van der Waals surface area contributed by atoms with E-state index in [0.29, 0.717) is 118 Å². The average molecular weight is 957 g/mol. The first kappa shape index (κ1) is 61.8. The topological polar surface area (TPSA) is 338 Å². The maximum absolute atomic E-state index is 13.1. The Hall–Kier alpha value is -4.18. The van der Waals surface area contributed by atoms with E-state index in [1.807, 2.05) is 0 Å². The summed E-state index contributed by atoms with van der Waals surface area (Å²) in [4.78, 5) is 62.2. The zero-order chi connectivity index (χ0) is 48.4. The molecular formula is C40H76N8O18. The van der Waals surface area contributed by atoms with E-state index in [9.17, 15) is 24.0 Å². The highest BCUT2D eigenvalue weighted by Crippen LogP contribution is 2.04. The molecule has 0 aromatic heterocycles. The molecule has 0 radical (unpaired) electrons. The fraction of sp³-hybridized carbons (Fsp3) is 0.875. The minimum atomic E-state index is -1.20. The van der Waals surface area contributed by atoms with E-state index in [-0.39, 0.29) is 103 Å². The quantitative estimate of drug-likeness (QED) is 0.0143. The summed E-state index contributed by atoms with van der Waals surface area (Å²) in [5, 5.41) is 39.2. The maximum Gasteiger partial charge on any atom is 0.404 e. The molecule has 1 unspecified atom stereocenters. The summed E-state index contributed by atoms with van der Waals surface area (Å²) in [5.74, 6) is -0.616. The fourth-order valence-corrected chi connectivity index (χ4v) is 5.32. The summed E-state index contributed by atoms with van der Waals surface area (Å²) < 4.78 is 55.4. The Labute approximate surface area is 386 Å². The van der Waals surface area contributed by atoms with Gasteiger partial charge >= 0.3 is 12.2 Å². The molecule has 0 rings (SSSR count). The number of aliphatic hydroxyl groups excluding tert-OH is 1. The SMILES string of the molecule is [N-]=[N+]=NCCOCCOCCOCCOCCC(=O)N(CCOCCOCCOCCCCCC(=O)NCCNC(=O)O)CCOCCOCCOCCC(CCC(=O)NCO)NC(=O)O. The zero-order valence-corrected chi connectivity index (χ0v) is 38.4. The molecule has 0 bridgehead atoms. The van der Waals surface area contributed by atoms with Crippen LogP contribution in [0.1, 0.15) is 51.4 Å². The number of hydrogen-bond acceptors (Lipinski definition) is 17. The number of rotatable bonds is 50. The normalized spacial score (nSPS) is 11.4. The molecule has 0 spiro atoms. The lowest BCUT2D eigenvalue weighted by Crippen LogP contribution is -2.37. The third kappa shape index (κ3) is 46.4. The van der Waals surface area contributed by atoms with Gasteiger partial charge in [0.1, 0.15) is 6.73 Å². The van der Waals surface area contributed by atoms with Crippen LogP contribution >= 0.6 is 0 Å². The Bertz CT molecular complexity index is 1260. The second-order valence-electron chi connectivity index (χ2n) is 13.8. The molecule has 384 valence electrons. The van der Waals surface area contributed by atoms with Gasteiger partial charge in [-0.05, 0) is 31.2 Å². The van der Waals surface area contributed by atoms with Gasteiger partial charge in [0.2, 0.25) is 17.7 Å². The van der Waals surface area contributed by atoms with E-state index in [1.165, 1.54) is 0 Å². The van der Waals surface area contributed by atoms with Crippen LogP contribution < -0.4 is 21.3 Å². The molecule has 0 aliphatic carbocycles. The lowest BCUT2D eigenvalue weighted by molar-refractivity contribution is -0.134. The number of ether oxygens (including phenoxy) is 10. The number of amides is 5. The van der Waals surface area contributed by atoms with Crippen LogP contribution in [0, 0.1) is 0 Å². The number of carbonyl (C=O) groups is 5. The summed E-state index contributed by atoms with van der Waals surface area (Å²) in [6, 6.07) is -0.482. The monoisotopic (exact) mass is 957 g/mol. The van der Waals surface area contributed by atoms with Crippen LogP contribution in [0.15, 0.2) is 5.11 Å². The molecule has 7 N–H and O–H groups in total. The number of carbonyl (C=O) groups excluding carboxylic acids is 3. The lowest BCUT2D eigenvalue weighted by Gasteiger charge is -2.23. The predicted molar refractivity (Wildman–Crippen MR) is 235 cm³/mol. The molecule has 0 heterocycles. The van der Waals surface area contributed by atoms with Crippen molar-refractivity contribution >= 4 is 29.9 Å². The van der Waals surface area contributed by atoms with Gasteiger partial charge in [-0.1, -0.05) is 11.5 Å². The molecule has 0 aliphatic heterocycles. The van der Waals surface area contributed by atoms with Gasteiger partial charge in [0.15, 0.2) is 0 Å². The van der Waals surface area contributed by atoms with E-state index in [4.69, 9.17) is 68.2 Å². The first-order chi connectivity index (χ1) is 32.2. The maximum atomic E-state index is 13.1. The second-order valence-corrected chi connectivity index (χ2v) is 13.8. The van der Waals surface area contributed by atoms with Crippen molar-refractivity contribution in [2.45, 2.75) is 57.4 Å². The highest BCUT2D eigenvalue weighted by Gasteiger charge is 2.15. The van der Waals surface area contributed by atoms with Crippen LogP contribution in [0.25, 0.3) is 10.4 Å². The van der Waals surface area contributed by atoms with Crippen molar-refractivity contribution in [1.82, 2.24) is 26.2 Å². The molecule has 1 atom stereocenters. The Kier molecular flexibility index (Phi) is 45.7. The third-order valence-corrected chi connectivity index (χ3v) is 8.68. The second kappa shape index (κ2) is 48.7. The Morgan fingerprint density at radius 2 is 0.970 bits per heavy atom. The van der Waals surface area contributed by atoms with Gasteiger partial charge in [0, 0.05) is 69.7 Å². The fourth-order valence-electron chi connectivity index (χ4n) is 5.32. The largest absolute Gasteiger partial charge is 0.465 e. The molecule has 0 aliphatic rings. The highest BCUT2D eigenvalue weighted by molar-refractivity contribution is 5.76. The predicted octanol–water partition coefficient (Wildman–Crippen LogP) is 0.498. The van der Waals surface area contributed by atoms with Crippen LogP contribution in [0.2, 0.25) is 0 Å². The minimum absolute atomic E-state index is 0.0592. The van der Waals surface area contributed by atoms with Crippen LogP contribution in [0.5, 0.6) is 0 Å². The van der Waals surface area contributed by atoms with Gasteiger partial charge in [-0.2, -0.15) is 0 Å². The molecule has 26 nitrogen and oxygen atoms in total. The van der Waals surface area contributed by atoms with Crippen molar-refractivity contribution in [3.63, 3.8) is 0 Å². The Morgan fingerprint density at radius 3 is 1.48 bits per heavy atom. The van der Waals surface area contributed by atoms with E-state index >= 15 is 0 Å². The number of unbranched alkanes of at least 4 members (excludes halogenated alkanes) is 2. The molecular weight excluding hydrogens is 880 g/mol. The van der Waals surface area contributed by atoms with Crippen LogP contribution in [-0.4, -0.2) is 228 Å². The van der Waals surface area contributed by atoms with Gasteiger partial charge in [0.05, 0.1) is 125 Å². The smallest absolute Gasteiger partial charge is 0.404 e. The number of hydrogen-bond donors (Lipinski definition) is 7. The first-order valence-electron chi connectivity index (χ1n) is 22.4. The van der Waals surface area contributed by atoms with Crippen LogP contribution in [-0.2, 0) is 61.8 Å². The van der Waals surface area contributed by atoms with Crippen LogP contribution in [0.3, 0.4) is 0 Å². The lowest BCUT2D eigenvalue weighted by atomic mass is 10.1. The number of azide groups is 1. The first-order valence-corrected chi connectivity index (χ1v) is 22.4. The third-order valence-electron chi connectivity index (χ3n) is 8.68. The molecule has 66 heavy (non-hydrogen) atoms. The summed E-state index contributed by atoms with van der Waals surface area (Å²) >= 11 is 0. The summed E-state index contributed by atoms with van der Waals surface area (Å²) in [6.07, 6.45) is 1.22. The van der Waals surface area contributed by atoms with Gasteiger partial charge in [0.25, 0.3) is 0 Å². The highest BCUT2D eigenvalue weighted by atomic mass is 16.6. The van der Waals surface area contributed by atoms with Crippen molar-refractivity contribution in [3.05, 3.63) is 10.4 Å². The van der Waals surface area contributed by atoms with Gasteiger partial charge in [-0.25, -0.2) is 9.59 Å². The van der Waals surface area contributed by atoms with Crippen molar-refractivity contribution in [1.29, 1.82) is 0 Å².